The van der Waals surface area contributed by atoms with E-state index in [2.05, 4.69) is 0 Å². The van der Waals surface area contributed by atoms with Gasteiger partial charge in [-0.3, -0.25) is 0 Å². The number of carbonyl (C=O) groups is 6. The Hall–Kier alpha value is -2.24. The van der Waals surface area contributed by atoms with E-state index in [4.69, 9.17) is 17.2 Å². The minimum Gasteiger partial charge on any atom is -0.550 e. The molecular weight excluding hydrogens is 432 g/mol. The molecule has 0 aliphatic heterocycles. The van der Waals surface area contributed by atoms with Gasteiger partial charge in [0, 0.05) is 55.3 Å². The van der Waals surface area contributed by atoms with Gasteiger partial charge in [0.05, 0.1) is 17.9 Å². The van der Waals surface area contributed by atoms with Crippen molar-refractivity contribution in [2.45, 2.75) is 37.4 Å². The molecule has 0 amide bonds. The van der Waals surface area contributed by atoms with Crippen LogP contribution in [0.3, 0.4) is 0 Å². The maximum Gasteiger partial charge on any atom is 3.00 e. The molecule has 15 nitrogen and oxygen atoms in total. The largest absolute Gasteiger partial charge is 3.00 e. The Morgan fingerprint density at radius 1 is 0.483 bits per heavy atom. The second-order valence-electron chi connectivity index (χ2n) is 4.50. The first-order chi connectivity index (χ1) is 12.1. The SMILES string of the molecule is NC(CC(=O)[O-])C(=O)[O-].NC(CC(=O)[O-])C(=O)[O-].NC(CC(=O)[O-])C(=O)[O-].[Al+3].[Al+3]. The molecule has 0 aromatic heterocycles. The molecular formula is C12H15Al2N3O12. The fraction of sp³-hybridized carbons (Fsp3) is 0.500. The Morgan fingerprint density at radius 2 is 0.621 bits per heavy atom. The summed E-state index contributed by atoms with van der Waals surface area (Å²) in [5.41, 5.74) is 14.2. The van der Waals surface area contributed by atoms with E-state index in [1.807, 2.05) is 0 Å². The molecule has 0 aliphatic rings. The third-order valence-electron chi connectivity index (χ3n) is 2.07. The number of hydrogen-bond donors (Lipinski definition) is 3. The normalized spacial score (nSPS) is 11.7. The molecule has 6 N–H and O–H groups in total. The summed E-state index contributed by atoms with van der Waals surface area (Å²) in [6.07, 6.45) is -2.12. The molecule has 0 rings (SSSR count). The summed E-state index contributed by atoms with van der Waals surface area (Å²) in [5.74, 6) is -9.23. The van der Waals surface area contributed by atoms with Crippen LogP contribution < -0.4 is 47.8 Å². The maximum absolute atomic E-state index is 9.71. The molecule has 0 aromatic carbocycles. The molecule has 0 radical (unpaired) electrons. The number of carboxylic acids is 6. The first kappa shape index (κ1) is 37.5. The molecule has 3 atom stereocenters. The van der Waals surface area contributed by atoms with Gasteiger partial charge in [0.15, 0.2) is 0 Å². The standard InChI is InChI=1S/3C4H7NO4.2Al/c3*5-2(4(8)9)1-3(6)7;;/h3*2H,1,5H2,(H,6,7)(H,8,9);;/q;;;2*+3/p-6. The Labute approximate surface area is 184 Å². The number of carbonyl (C=O) groups excluding carboxylic acids is 6. The van der Waals surface area contributed by atoms with Crippen LogP contribution in [0.15, 0.2) is 0 Å². The average molecular weight is 447 g/mol. The van der Waals surface area contributed by atoms with Gasteiger partial charge < -0.3 is 76.6 Å². The van der Waals surface area contributed by atoms with Crippen LogP contribution in [0.25, 0.3) is 0 Å². The molecule has 0 spiro atoms. The number of hydrogen-bond acceptors (Lipinski definition) is 15. The van der Waals surface area contributed by atoms with Crippen LogP contribution in [0, 0.1) is 0 Å². The second kappa shape index (κ2) is 20.5. The van der Waals surface area contributed by atoms with E-state index in [1.54, 1.807) is 0 Å². The van der Waals surface area contributed by atoms with Gasteiger partial charge in [-0.25, -0.2) is 0 Å². The predicted molar refractivity (Wildman–Crippen MR) is 79.3 cm³/mol. The van der Waals surface area contributed by atoms with Crippen molar-refractivity contribution in [2.75, 3.05) is 0 Å². The van der Waals surface area contributed by atoms with Crippen molar-refractivity contribution in [3.8, 4) is 0 Å². The molecule has 156 valence electrons. The Balaban J connectivity index is -0.0000000960. The van der Waals surface area contributed by atoms with Crippen LogP contribution in [-0.2, 0) is 28.8 Å². The summed E-state index contributed by atoms with van der Waals surface area (Å²) in [6, 6.07) is -4.39. The fourth-order valence-electron chi connectivity index (χ4n) is 0.789. The summed E-state index contributed by atoms with van der Waals surface area (Å²) in [6.45, 7) is 0. The number of carboxylic acid groups (broad SMARTS) is 6. The summed E-state index contributed by atoms with van der Waals surface area (Å²) in [7, 11) is 0. The zero-order chi connectivity index (χ0) is 22.3. The number of rotatable bonds is 9. The van der Waals surface area contributed by atoms with Gasteiger partial charge in [0.2, 0.25) is 0 Å². The number of aliphatic carboxylic acids is 6. The molecule has 17 heteroatoms. The quantitative estimate of drug-likeness (QED) is 0.276. The van der Waals surface area contributed by atoms with Crippen LogP contribution in [0.2, 0.25) is 0 Å². The van der Waals surface area contributed by atoms with E-state index in [0.717, 1.165) is 0 Å². The van der Waals surface area contributed by atoms with E-state index in [-0.39, 0.29) is 34.7 Å². The smallest absolute Gasteiger partial charge is 0.550 e. The van der Waals surface area contributed by atoms with Crippen LogP contribution in [0.4, 0.5) is 0 Å². The van der Waals surface area contributed by atoms with Crippen molar-refractivity contribution < 1.29 is 59.4 Å². The summed E-state index contributed by atoms with van der Waals surface area (Å²) < 4.78 is 0. The molecule has 0 saturated heterocycles. The zero-order valence-corrected chi connectivity index (χ0v) is 16.9. The molecule has 0 aliphatic carbocycles. The van der Waals surface area contributed by atoms with E-state index in [0.29, 0.717) is 0 Å². The van der Waals surface area contributed by atoms with E-state index in [9.17, 15) is 59.4 Å². The van der Waals surface area contributed by atoms with Crippen LogP contribution in [0.5, 0.6) is 0 Å². The Kier molecular flexibility index (Phi) is 26.5. The molecule has 0 saturated carbocycles. The van der Waals surface area contributed by atoms with Gasteiger partial charge in [0.1, 0.15) is 0 Å². The maximum atomic E-state index is 9.71. The van der Waals surface area contributed by atoms with Gasteiger partial charge in [0.25, 0.3) is 0 Å². The molecule has 29 heavy (non-hydrogen) atoms. The molecule has 0 heterocycles. The zero-order valence-electron chi connectivity index (χ0n) is 14.6. The van der Waals surface area contributed by atoms with Crippen LogP contribution >= 0.6 is 0 Å². The first-order valence-electron chi connectivity index (χ1n) is 6.60. The van der Waals surface area contributed by atoms with Gasteiger partial charge in [-0.2, -0.15) is 0 Å². The van der Waals surface area contributed by atoms with Gasteiger partial charge in [-0.05, 0) is 0 Å². The van der Waals surface area contributed by atoms with E-state index < -0.39 is 73.2 Å². The van der Waals surface area contributed by atoms with E-state index in [1.165, 1.54) is 0 Å². The van der Waals surface area contributed by atoms with Crippen LogP contribution in [-0.4, -0.2) is 88.7 Å². The van der Waals surface area contributed by atoms with Crippen molar-refractivity contribution in [1.29, 1.82) is 0 Å². The van der Waals surface area contributed by atoms with Gasteiger partial charge in [-0.15, -0.1) is 0 Å². The molecule has 0 bridgehead atoms. The molecule has 0 fully saturated rings. The number of nitrogens with two attached hydrogens (primary N) is 3. The van der Waals surface area contributed by atoms with Gasteiger partial charge in [-0.1, -0.05) is 0 Å². The van der Waals surface area contributed by atoms with Gasteiger partial charge >= 0.3 is 34.7 Å². The van der Waals surface area contributed by atoms with Crippen molar-refractivity contribution >= 4 is 70.5 Å². The minimum atomic E-state index is -1.58. The summed E-state index contributed by atoms with van der Waals surface area (Å²) in [5, 5.41) is 58.0. The fourth-order valence-corrected chi connectivity index (χ4v) is 0.789. The average Bonchev–Trinajstić information content (AvgIpc) is 2.46. The van der Waals surface area contributed by atoms with Crippen molar-refractivity contribution in [3.05, 3.63) is 0 Å². The predicted octanol–water partition coefficient (Wildman–Crippen LogP) is -12.2. The topological polar surface area (TPSA) is 319 Å². The monoisotopic (exact) mass is 447 g/mol. The Morgan fingerprint density at radius 3 is 0.655 bits per heavy atom. The second-order valence-corrected chi connectivity index (χ2v) is 4.50. The summed E-state index contributed by atoms with van der Waals surface area (Å²) in [4.78, 5) is 58.0. The van der Waals surface area contributed by atoms with E-state index >= 15 is 0 Å². The first-order valence-corrected chi connectivity index (χ1v) is 6.60. The molecule has 3 unspecified atom stereocenters. The third-order valence-corrected chi connectivity index (χ3v) is 2.07. The Bertz CT molecular complexity index is 484. The van der Waals surface area contributed by atoms with Crippen LogP contribution in [0.1, 0.15) is 19.3 Å². The van der Waals surface area contributed by atoms with Crippen molar-refractivity contribution in [2.24, 2.45) is 17.2 Å². The minimum absolute atomic E-state index is 0. The third kappa shape index (κ3) is 30.7. The summed E-state index contributed by atoms with van der Waals surface area (Å²) >= 11 is 0. The van der Waals surface area contributed by atoms with Crippen molar-refractivity contribution in [1.82, 2.24) is 0 Å². The molecule has 0 aromatic rings. The van der Waals surface area contributed by atoms with Crippen molar-refractivity contribution in [3.63, 3.8) is 0 Å².